The van der Waals surface area contributed by atoms with Crippen LogP contribution in [0.4, 0.5) is 5.69 Å². The molecule has 1 aromatic carbocycles. The Bertz CT molecular complexity index is 1120. The Hall–Kier alpha value is -2.35. The molecular weight excluding hydrogens is 422 g/mol. The number of rotatable bonds is 2. The topological polar surface area (TPSA) is 60.8 Å². The van der Waals surface area contributed by atoms with Crippen LogP contribution in [0.15, 0.2) is 47.1 Å². The van der Waals surface area contributed by atoms with Gasteiger partial charge in [-0.05, 0) is 84.8 Å². The van der Waals surface area contributed by atoms with Crippen molar-refractivity contribution >= 4 is 11.5 Å². The predicted octanol–water partition coefficient (Wildman–Crippen LogP) is 4.62. The third kappa shape index (κ3) is 3.48. The summed E-state index contributed by atoms with van der Waals surface area (Å²) in [5, 5.41) is 21.2. The summed E-state index contributed by atoms with van der Waals surface area (Å²) in [6.07, 6.45) is 6.82. The van der Waals surface area contributed by atoms with E-state index in [0.29, 0.717) is 30.6 Å². The molecule has 4 nitrogen and oxygen atoms in total. The third-order valence-corrected chi connectivity index (χ3v) is 9.43. The van der Waals surface area contributed by atoms with Crippen LogP contribution < -0.4 is 4.90 Å². The van der Waals surface area contributed by atoms with E-state index in [2.05, 4.69) is 68.9 Å². The Morgan fingerprint density at radius 2 is 1.91 bits per heavy atom. The quantitative estimate of drug-likeness (QED) is 0.634. The number of benzene rings is 1. The predicted molar refractivity (Wildman–Crippen MR) is 135 cm³/mol. The molecule has 0 heterocycles. The third-order valence-electron chi connectivity index (χ3n) is 9.43. The van der Waals surface area contributed by atoms with Crippen LogP contribution in [0.5, 0.6) is 0 Å². The summed E-state index contributed by atoms with van der Waals surface area (Å²) in [5.74, 6) is 7.42. The lowest BCUT2D eigenvalue weighted by Gasteiger charge is -2.54. The van der Waals surface area contributed by atoms with Gasteiger partial charge in [-0.1, -0.05) is 43.4 Å². The molecule has 0 unspecified atom stereocenters. The number of hydrogen-bond donors (Lipinski definition) is 2. The number of aliphatic hydroxyl groups is 2. The average molecular weight is 460 g/mol. The summed E-state index contributed by atoms with van der Waals surface area (Å²) in [6.45, 7) is 4.27. The molecule has 4 heteroatoms. The number of anilines is 1. The first-order chi connectivity index (χ1) is 16.2. The number of hydrogen-bond acceptors (Lipinski definition) is 4. The average Bonchev–Trinajstić information content (AvgIpc) is 3.08. The Kier molecular flexibility index (Phi) is 5.78. The minimum absolute atomic E-state index is 0.196. The lowest BCUT2D eigenvalue weighted by molar-refractivity contribution is -0.114. The maximum Gasteiger partial charge on any atom is 0.156 e. The first-order valence-electron chi connectivity index (χ1n) is 12.8. The number of allylic oxidation sites excluding steroid dienone is 4. The van der Waals surface area contributed by atoms with E-state index in [1.165, 1.54) is 28.0 Å². The highest BCUT2D eigenvalue weighted by molar-refractivity contribution is 5.93. The Balaban J connectivity index is 1.68. The highest BCUT2D eigenvalue weighted by atomic mass is 16.3. The van der Waals surface area contributed by atoms with Gasteiger partial charge in [-0.3, -0.25) is 4.79 Å². The first kappa shape index (κ1) is 23.4. The van der Waals surface area contributed by atoms with Crippen LogP contribution in [0.1, 0.15) is 63.9 Å². The van der Waals surface area contributed by atoms with E-state index in [4.69, 9.17) is 0 Å². The van der Waals surface area contributed by atoms with Gasteiger partial charge in [0.15, 0.2) is 5.78 Å². The van der Waals surface area contributed by atoms with E-state index >= 15 is 0 Å². The molecule has 2 saturated carbocycles. The normalized spacial score (nSPS) is 36.6. The van der Waals surface area contributed by atoms with Crippen LogP contribution in [0, 0.1) is 35.0 Å². The van der Waals surface area contributed by atoms with Crippen LogP contribution >= 0.6 is 0 Å². The highest BCUT2D eigenvalue weighted by Crippen LogP contribution is 2.67. The maximum atomic E-state index is 12.3. The fraction of sp³-hybridized carbons (Fsp3) is 0.567. The fourth-order valence-electron chi connectivity index (χ4n) is 7.65. The van der Waals surface area contributed by atoms with Crippen molar-refractivity contribution in [1.82, 2.24) is 0 Å². The smallest absolute Gasteiger partial charge is 0.156 e. The fourth-order valence-corrected chi connectivity index (χ4v) is 7.65. The summed E-state index contributed by atoms with van der Waals surface area (Å²) in [7, 11) is 4.11. The second-order valence-electron chi connectivity index (χ2n) is 11.4. The van der Waals surface area contributed by atoms with Gasteiger partial charge in [-0.15, -0.1) is 0 Å². The Labute approximate surface area is 203 Å². The molecule has 34 heavy (non-hydrogen) atoms. The molecule has 0 aromatic heterocycles. The van der Waals surface area contributed by atoms with Crippen molar-refractivity contribution in [3.8, 4) is 11.8 Å². The van der Waals surface area contributed by atoms with Crippen LogP contribution in [-0.4, -0.2) is 42.3 Å². The van der Waals surface area contributed by atoms with Gasteiger partial charge in [0.05, 0.1) is 0 Å². The zero-order valence-corrected chi connectivity index (χ0v) is 20.9. The zero-order chi connectivity index (χ0) is 24.3. The standard InChI is InChI=1S/C30H37NO3/c1-19-16-25-27-12-14-30(34,13-5-15-32)29(27,2)18-26(20-6-8-21(9-7-20)31(3)4)28(25)23-11-10-22(33)17-24(19)23/h6-9,17,19,25-27,32,34H,10-12,14-16,18H2,1-4H3/t19-,25+,26-,27+,29+,30+/m1/s1. The van der Waals surface area contributed by atoms with Crippen LogP contribution in [-0.2, 0) is 4.79 Å². The van der Waals surface area contributed by atoms with Gasteiger partial charge in [0, 0.05) is 37.5 Å². The SMILES string of the molecule is C[C@@H]1C[C@@H]2C(=C3CCC(=O)C=C31)[C@@H](c1ccc(N(C)C)cc1)C[C@@]1(C)[C@H]2CC[C@@]1(O)C#CCO. The van der Waals surface area contributed by atoms with Gasteiger partial charge in [-0.25, -0.2) is 0 Å². The van der Waals surface area contributed by atoms with Gasteiger partial charge in [0.1, 0.15) is 12.2 Å². The molecule has 4 aliphatic carbocycles. The first-order valence-corrected chi connectivity index (χ1v) is 12.8. The van der Waals surface area contributed by atoms with Gasteiger partial charge in [0.25, 0.3) is 0 Å². The molecule has 6 atom stereocenters. The molecule has 2 fully saturated rings. The molecule has 180 valence electrons. The second-order valence-corrected chi connectivity index (χ2v) is 11.4. The van der Waals surface area contributed by atoms with Crippen LogP contribution in [0.3, 0.4) is 0 Å². The summed E-state index contributed by atoms with van der Waals surface area (Å²) in [4.78, 5) is 14.4. The number of fused-ring (bicyclic) bond motifs is 4. The molecule has 0 saturated heterocycles. The van der Waals surface area contributed by atoms with Crippen molar-refractivity contribution in [2.75, 3.05) is 25.6 Å². The minimum atomic E-state index is -1.08. The number of carbonyl (C=O) groups excluding carboxylic acids is 1. The van der Waals surface area contributed by atoms with Crippen molar-refractivity contribution in [2.24, 2.45) is 23.2 Å². The van der Waals surface area contributed by atoms with E-state index in [0.717, 1.165) is 25.7 Å². The van der Waals surface area contributed by atoms with Gasteiger partial charge in [-0.2, -0.15) is 0 Å². The number of nitrogens with zero attached hydrogens (tertiary/aromatic N) is 1. The summed E-state index contributed by atoms with van der Waals surface area (Å²) in [5.41, 5.74) is 5.23. The molecule has 0 spiro atoms. The Morgan fingerprint density at radius 3 is 2.59 bits per heavy atom. The highest BCUT2D eigenvalue weighted by Gasteiger charge is 2.63. The summed E-state index contributed by atoms with van der Waals surface area (Å²) < 4.78 is 0. The number of ketones is 1. The van der Waals surface area contributed by atoms with Gasteiger partial charge < -0.3 is 15.1 Å². The van der Waals surface area contributed by atoms with Crippen molar-refractivity contribution in [2.45, 2.75) is 63.9 Å². The summed E-state index contributed by atoms with van der Waals surface area (Å²) >= 11 is 0. The molecule has 0 amide bonds. The summed E-state index contributed by atoms with van der Waals surface area (Å²) in [6, 6.07) is 8.86. The largest absolute Gasteiger partial charge is 0.384 e. The lowest BCUT2D eigenvalue weighted by atomic mass is 9.50. The number of carbonyl (C=O) groups is 1. The minimum Gasteiger partial charge on any atom is -0.384 e. The molecule has 1 aromatic rings. The van der Waals surface area contributed by atoms with Crippen molar-refractivity contribution in [3.63, 3.8) is 0 Å². The maximum absolute atomic E-state index is 12.3. The van der Waals surface area contributed by atoms with Crippen LogP contribution in [0.25, 0.3) is 0 Å². The second kappa shape index (κ2) is 8.40. The molecule has 4 aliphatic rings. The van der Waals surface area contributed by atoms with Crippen molar-refractivity contribution in [1.29, 1.82) is 0 Å². The van der Waals surface area contributed by atoms with E-state index in [-0.39, 0.29) is 23.7 Å². The zero-order valence-electron chi connectivity index (χ0n) is 20.9. The monoisotopic (exact) mass is 459 g/mol. The van der Waals surface area contributed by atoms with Crippen molar-refractivity contribution in [3.05, 3.63) is 52.6 Å². The van der Waals surface area contributed by atoms with E-state index < -0.39 is 5.60 Å². The van der Waals surface area contributed by atoms with E-state index in [9.17, 15) is 15.0 Å². The van der Waals surface area contributed by atoms with Gasteiger partial charge >= 0.3 is 0 Å². The van der Waals surface area contributed by atoms with E-state index in [1.807, 2.05) is 6.08 Å². The van der Waals surface area contributed by atoms with Crippen molar-refractivity contribution < 1.29 is 15.0 Å². The van der Waals surface area contributed by atoms with E-state index in [1.54, 1.807) is 0 Å². The molecule has 2 N–H and O–H groups in total. The molecule has 0 radical (unpaired) electrons. The molecular formula is C30H37NO3. The lowest BCUT2D eigenvalue weighted by Crippen LogP contribution is -2.51. The molecule has 5 rings (SSSR count). The number of aliphatic hydroxyl groups excluding tert-OH is 1. The Morgan fingerprint density at radius 1 is 1.18 bits per heavy atom. The van der Waals surface area contributed by atoms with Gasteiger partial charge in [0.2, 0.25) is 0 Å². The molecule has 0 aliphatic heterocycles. The molecule has 0 bridgehead atoms. The van der Waals surface area contributed by atoms with Crippen LogP contribution in [0.2, 0.25) is 0 Å².